The molecule has 5 rings (SSSR count). The van der Waals surface area contributed by atoms with E-state index in [4.69, 9.17) is 0 Å². The second kappa shape index (κ2) is 8.79. The van der Waals surface area contributed by atoms with Gasteiger partial charge < -0.3 is 10.6 Å². The topological polar surface area (TPSA) is 41.1 Å². The van der Waals surface area contributed by atoms with Gasteiger partial charge in [0, 0.05) is 23.2 Å². The molecule has 0 aromatic heterocycles. The number of carbonyl (C=O) groups excluding carboxylic acids is 1. The Bertz CT molecular complexity index is 1100. The molecule has 1 amide bonds. The molecule has 2 atom stereocenters. The van der Waals surface area contributed by atoms with Gasteiger partial charge in [-0.1, -0.05) is 69.3 Å². The van der Waals surface area contributed by atoms with Gasteiger partial charge in [0.2, 0.25) is 0 Å². The molecule has 2 fully saturated rings. The van der Waals surface area contributed by atoms with Crippen molar-refractivity contribution in [3.8, 4) is 11.1 Å². The van der Waals surface area contributed by atoms with Gasteiger partial charge in [-0.3, -0.25) is 4.79 Å². The van der Waals surface area contributed by atoms with Gasteiger partial charge in [-0.05, 0) is 83.7 Å². The van der Waals surface area contributed by atoms with Crippen LogP contribution in [-0.2, 0) is 5.41 Å². The van der Waals surface area contributed by atoms with Crippen molar-refractivity contribution in [2.45, 2.75) is 57.4 Å². The van der Waals surface area contributed by atoms with Crippen LogP contribution in [0.2, 0.25) is 0 Å². The third-order valence-corrected chi connectivity index (χ3v) is 6.98. The van der Waals surface area contributed by atoms with Gasteiger partial charge in [0.1, 0.15) is 0 Å². The third-order valence-electron chi connectivity index (χ3n) is 6.98. The fourth-order valence-corrected chi connectivity index (χ4v) is 4.42. The molecule has 0 spiro atoms. The SMILES string of the molecule is CC(C)(C)c1ccc(-c2ccc(C(=O)Nc3ccc([C@@H]4C[C@H]4NCC4CC4)cc3)cc2)cc1. The molecule has 2 saturated carbocycles. The van der Waals surface area contributed by atoms with E-state index in [1.807, 2.05) is 36.4 Å². The van der Waals surface area contributed by atoms with Gasteiger partial charge >= 0.3 is 0 Å². The summed E-state index contributed by atoms with van der Waals surface area (Å²) in [6.45, 7) is 7.84. The second-order valence-electron chi connectivity index (χ2n) is 10.8. The highest BCUT2D eigenvalue weighted by molar-refractivity contribution is 6.04. The van der Waals surface area contributed by atoms with E-state index < -0.39 is 0 Å². The molecule has 0 aliphatic heterocycles. The van der Waals surface area contributed by atoms with Crippen molar-refractivity contribution in [1.29, 1.82) is 0 Å². The van der Waals surface area contributed by atoms with Crippen molar-refractivity contribution < 1.29 is 4.79 Å². The van der Waals surface area contributed by atoms with Crippen molar-refractivity contribution in [3.63, 3.8) is 0 Å². The molecular formula is C30H34N2O. The largest absolute Gasteiger partial charge is 0.322 e. The first-order chi connectivity index (χ1) is 15.9. The number of nitrogens with one attached hydrogen (secondary N) is 2. The summed E-state index contributed by atoms with van der Waals surface area (Å²) >= 11 is 0. The Labute approximate surface area is 197 Å². The molecule has 3 aromatic carbocycles. The van der Waals surface area contributed by atoms with Crippen molar-refractivity contribution in [2.24, 2.45) is 5.92 Å². The van der Waals surface area contributed by atoms with Crippen molar-refractivity contribution in [2.75, 3.05) is 11.9 Å². The number of amides is 1. The van der Waals surface area contributed by atoms with Crippen LogP contribution in [0.25, 0.3) is 11.1 Å². The molecule has 3 aromatic rings. The monoisotopic (exact) mass is 438 g/mol. The van der Waals surface area contributed by atoms with E-state index in [-0.39, 0.29) is 11.3 Å². The molecule has 2 N–H and O–H groups in total. The highest BCUT2D eigenvalue weighted by Crippen LogP contribution is 2.42. The first-order valence-electron chi connectivity index (χ1n) is 12.2. The fourth-order valence-electron chi connectivity index (χ4n) is 4.42. The average molecular weight is 439 g/mol. The summed E-state index contributed by atoms with van der Waals surface area (Å²) in [6, 6.07) is 25.5. The molecule has 0 unspecified atom stereocenters. The van der Waals surface area contributed by atoms with Crippen LogP contribution in [0.15, 0.2) is 72.8 Å². The minimum Gasteiger partial charge on any atom is -0.322 e. The Balaban J connectivity index is 1.17. The van der Waals surface area contributed by atoms with Crippen molar-refractivity contribution in [1.82, 2.24) is 5.32 Å². The van der Waals surface area contributed by atoms with Gasteiger partial charge in [-0.25, -0.2) is 0 Å². The molecule has 170 valence electrons. The van der Waals surface area contributed by atoms with E-state index in [1.165, 1.54) is 36.9 Å². The number of hydrogen-bond acceptors (Lipinski definition) is 2. The molecule has 0 saturated heterocycles. The predicted octanol–water partition coefficient (Wildman–Crippen LogP) is 6.76. The minimum absolute atomic E-state index is 0.0761. The van der Waals surface area contributed by atoms with Gasteiger partial charge in [0.05, 0.1) is 0 Å². The summed E-state index contributed by atoms with van der Waals surface area (Å²) in [5, 5.41) is 6.72. The smallest absolute Gasteiger partial charge is 0.255 e. The van der Waals surface area contributed by atoms with Crippen LogP contribution in [0.5, 0.6) is 0 Å². The zero-order chi connectivity index (χ0) is 23.0. The Morgan fingerprint density at radius 2 is 1.45 bits per heavy atom. The Hall–Kier alpha value is -2.91. The molecule has 2 aliphatic carbocycles. The second-order valence-corrected chi connectivity index (χ2v) is 10.8. The van der Waals surface area contributed by atoms with Crippen LogP contribution in [0, 0.1) is 5.92 Å². The quantitative estimate of drug-likeness (QED) is 0.428. The maximum atomic E-state index is 12.7. The zero-order valence-electron chi connectivity index (χ0n) is 19.9. The van der Waals surface area contributed by atoms with E-state index in [1.54, 1.807) is 0 Å². The highest BCUT2D eigenvalue weighted by Gasteiger charge is 2.38. The Morgan fingerprint density at radius 1 is 0.848 bits per heavy atom. The lowest BCUT2D eigenvalue weighted by Gasteiger charge is -2.19. The number of carbonyl (C=O) groups is 1. The average Bonchev–Trinajstić information content (AvgIpc) is 3.73. The lowest BCUT2D eigenvalue weighted by molar-refractivity contribution is 0.102. The van der Waals surface area contributed by atoms with Crippen LogP contribution in [-0.4, -0.2) is 18.5 Å². The maximum absolute atomic E-state index is 12.7. The summed E-state index contributed by atoms with van der Waals surface area (Å²) in [5.41, 5.74) is 6.62. The normalized spacial score (nSPS) is 19.8. The molecule has 2 aliphatic rings. The first kappa shape index (κ1) is 21.9. The van der Waals surface area contributed by atoms with E-state index in [9.17, 15) is 4.79 Å². The summed E-state index contributed by atoms with van der Waals surface area (Å²) in [4.78, 5) is 12.7. The Morgan fingerprint density at radius 3 is 2.03 bits per heavy atom. The summed E-state index contributed by atoms with van der Waals surface area (Å²) in [6.07, 6.45) is 4.02. The van der Waals surface area contributed by atoms with E-state index >= 15 is 0 Å². The molecule has 3 heteroatoms. The van der Waals surface area contributed by atoms with E-state index in [0.29, 0.717) is 17.5 Å². The fraction of sp³-hybridized carbons (Fsp3) is 0.367. The van der Waals surface area contributed by atoms with Gasteiger partial charge in [0.15, 0.2) is 0 Å². The van der Waals surface area contributed by atoms with Gasteiger partial charge in [-0.2, -0.15) is 0 Å². The van der Waals surface area contributed by atoms with E-state index in [0.717, 1.165) is 22.7 Å². The summed E-state index contributed by atoms with van der Waals surface area (Å²) in [5.74, 6) is 1.47. The minimum atomic E-state index is -0.0761. The summed E-state index contributed by atoms with van der Waals surface area (Å²) in [7, 11) is 0. The molecule has 3 nitrogen and oxygen atoms in total. The molecular weight excluding hydrogens is 404 g/mol. The number of anilines is 1. The van der Waals surface area contributed by atoms with Crippen LogP contribution < -0.4 is 10.6 Å². The summed E-state index contributed by atoms with van der Waals surface area (Å²) < 4.78 is 0. The van der Waals surface area contributed by atoms with Crippen LogP contribution >= 0.6 is 0 Å². The molecule has 33 heavy (non-hydrogen) atoms. The Kier molecular flexibility index (Phi) is 5.84. The molecule has 0 radical (unpaired) electrons. The lowest BCUT2D eigenvalue weighted by atomic mass is 9.86. The number of rotatable bonds is 7. The number of benzene rings is 3. The molecule has 0 bridgehead atoms. The third kappa shape index (κ3) is 5.36. The highest BCUT2D eigenvalue weighted by atomic mass is 16.1. The van der Waals surface area contributed by atoms with E-state index in [2.05, 4.69) is 67.8 Å². The number of hydrogen-bond donors (Lipinski definition) is 2. The van der Waals surface area contributed by atoms with Gasteiger partial charge in [-0.15, -0.1) is 0 Å². The zero-order valence-corrected chi connectivity index (χ0v) is 19.9. The lowest BCUT2D eigenvalue weighted by Crippen LogP contribution is -2.20. The maximum Gasteiger partial charge on any atom is 0.255 e. The van der Waals surface area contributed by atoms with Crippen molar-refractivity contribution >= 4 is 11.6 Å². The first-order valence-corrected chi connectivity index (χ1v) is 12.2. The van der Waals surface area contributed by atoms with Crippen LogP contribution in [0.1, 0.15) is 67.4 Å². The predicted molar refractivity (Wildman–Crippen MR) is 137 cm³/mol. The molecule has 0 heterocycles. The van der Waals surface area contributed by atoms with Crippen LogP contribution in [0.3, 0.4) is 0 Å². The van der Waals surface area contributed by atoms with Crippen molar-refractivity contribution in [3.05, 3.63) is 89.5 Å². The van der Waals surface area contributed by atoms with Gasteiger partial charge in [0.25, 0.3) is 5.91 Å². The van der Waals surface area contributed by atoms with Crippen LogP contribution in [0.4, 0.5) is 5.69 Å². The standard InChI is InChI=1S/C30H34N2O/c1-30(2,3)25-14-10-22(11-15-25)21-6-8-24(9-7-21)29(33)32-26-16-12-23(13-17-26)27-18-28(27)31-19-20-4-5-20/h6-17,20,27-28,31H,4-5,18-19H2,1-3H3,(H,32,33)/t27-,28+/m0/s1.